The van der Waals surface area contributed by atoms with Crippen LogP contribution in [0.25, 0.3) is 0 Å². The number of aliphatic carboxylic acids is 1. The van der Waals surface area contributed by atoms with E-state index in [4.69, 9.17) is 0 Å². The molecule has 0 heterocycles. The molecule has 0 spiro atoms. The summed E-state index contributed by atoms with van der Waals surface area (Å²) in [5.41, 5.74) is 0. The quantitative estimate of drug-likeness (QED) is 0.457. The Hall–Kier alpha value is -2.30. The topological polar surface area (TPSA) is 142 Å². The molecule has 0 aliphatic rings. The molecule has 1 atom stereocenters. The number of hydrogen-bond acceptors (Lipinski definition) is 10. The van der Waals surface area contributed by atoms with Crippen LogP contribution < -0.4 is 0 Å². The van der Waals surface area contributed by atoms with Gasteiger partial charge in [0.05, 0.1) is 12.3 Å². The van der Waals surface area contributed by atoms with Crippen molar-refractivity contribution in [1.82, 2.24) is 0 Å². The summed E-state index contributed by atoms with van der Waals surface area (Å²) in [7, 11) is 0. The molecule has 0 unspecified atom stereocenters. The van der Waals surface area contributed by atoms with Gasteiger partial charge in [0.2, 0.25) is 13.6 Å². The maximum absolute atomic E-state index is 11.7. The number of carbonyl (C=O) groups excluding carboxylic acids is 4. The Morgan fingerprint density at radius 3 is 1.84 bits per heavy atom. The number of thioether (sulfide) groups is 1. The second-order valence-electron chi connectivity index (χ2n) is 5.22. The summed E-state index contributed by atoms with van der Waals surface area (Å²) >= 11 is 0.534. The van der Waals surface area contributed by atoms with E-state index in [9.17, 15) is 29.1 Å². The SMILES string of the molecule is CC(=O)OCOC(=O)C[C@@H](C(=O)O)C(C)(C)SC(=O)OCOC(C)=O. The lowest BCUT2D eigenvalue weighted by molar-refractivity contribution is -0.168. The highest BCUT2D eigenvalue weighted by atomic mass is 32.2. The summed E-state index contributed by atoms with van der Waals surface area (Å²) in [5.74, 6) is -4.82. The van der Waals surface area contributed by atoms with E-state index in [1.165, 1.54) is 13.8 Å². The van der Waals surface area contributed by atoms with Crippen molar-refractivity contribution >= 4 is 40.9 Å². The smallest absolute Gasteiger partial charge is 0.370 e. The molecule has 0 fully saturated rings. The van der Waals surface area contributed by atoms with Crippen LogP contribution in [-0.4, -0.2) is 52.6 Å². The van der Waals surface area contributed by atoms with Crippen LogP contribution in [0.4, 0.5) is 4.79 Å². The van der Waals surface area contributed by atoms with Gasteiger partial charge in [0.15, 0.2) is 0 Å². The van der Waals surface area contributed by atoms with E-state index in [-0.39, 0.29) is 0 Å². The van der Waals surface area contributed by atoms with E-state index >= 15 is 0 Å². The lowest BCUT2D eigenvalue weighted by Gasteiger charge is -2.28. The standard InChI is InChI=1S/C14H20O10S/c1-8(15)21-6-23-11(17)5-10(12(18)19)14(3,4)25-13(20)24-7-22-9(2)16/h10H,5-7H2,1-4H3,(H,18,19)/t10-/m0/s1. The fourth-order valence-electron chi connectivity index (χ4n) is 1.51. The van der Waals surface area contributed by atoms with Crippen molar-refractivity contribution in [2.45, 2.75) is 38.9 Å². The maximum Gasteiger partial charge on any atom is 0.370 e. The minimum absolute atomic E-state index is 0.534. The highest BCUT2D eigenvalue weighted by Crippen LogP contribution is 2.36. The fourth-order valence-corrected chi connectivity index (χ4v) is 2.37. The van der Waals surface area contributed by atoms with Gasteiger partial charge in [0.25, 0.3) is 0 Å². The zero-order valence-corrected chi connectivity index (χ0v) is 15.0. The van der Waals surface area contributed by atoms with Gasteiger partial charge in [-0.05, 0) is 25.6 Å². The maximum atomic E-state index is 11.7. The molecule has 10 nitrogen and oxygen atoms in total. The first-order chi connectivity index (χ1) is 11.5. The minimum atomic E-state index is -1.32. The van der Waals surface area contributed by atoms with E-state index in [2.05, 4.69) is 18.9 Å². The van der Waals surface area contributed by atoms with E-state index < -0.39 is 59.9 Å². The number of carbonyl (C=O) groups is 5. The second-order valence-corrected chi connectivity index (χ2v) is 6.81. The molecule has 25 heavy (non-hydrogen) atoms. The largest absolute Gasteiger partial charge is 0.481 e. The molecule has 142 valence electrons. The molecular formula is C14H20O10S. The van der Waals surface area contributed by atoms with Gasteiger partial charge in [-0.2, -0.15) is 0 Å². The Morgan fingerprint density at radius 2 is 1.40 bits per heavy atom. The molecule has 0 aromatic carbocycles. The van der Waals surface area contributed by atoms with Crippen molar-refractivity contribution in [2.24, 2.45) is 5.92 Å². The third kappa shape index (κ3) is 10.2. The molecule has 0 saturated heterocycles. The Labute approximate surface area is 148 Å². The zero-order valence-electron chi connectivity index (χ0n) is 14.2. The van der Waals surface area contributed by atoms with Gasteiger partial charge in [-0.15, -0.1) is 0 Å². The van der Waals surface area contributed by atoms with Crippen molar-refractivity contribution in [1.29, 1.82) is 0 Å². The van der Waals surface area contributed by atoms with E-state index in [1.807, 2.05) is 0 Å². The first kappa shape index (κ1) is 22.7. The number of ether oxygens (including phenoxy) is 4. The zero-order chi connectivity index (χ0) is 19.6. The Bertz CT molecular complexity index is 528. The number of carboxylic acid groups (broad SMARTS) is 1. The fraction of sp³-hybridized carbons (Fsp3) is 0.643. The van der Waals surface area contributed by atoms with Crippen LogP contribution >= 0.6 is 11.8 Å². The van der Waals surface area contributed by atoms with Crippen LogP contribution in [0.5, 0.6) is 0 Å². The van der Waals surface area contributed by atoms with Crippen molar-refractivity contribution < 1.29 is 48.0 Å². The van der Waals surface area contributed by atoms with Crippen LogP contribution in [0.15, 0.2) is 0 Å². The molecule has 0 saturated carbocycles. The van der Waals surface area contributed by atoms with Gasteiger partial charge in [0, 0.05) is 18.6 Å². The van der Waals surface area contributed by atoms with Crippen LogP contribution in [0.2, 0.25) is 0 Å². The molecule has 0 aliphatic carbocycles. The lowest BCUT2D eigenvalue weighted by atomic mass is 9.92. The van der Waals surface area contributed by atoms with E-state index in [0.29, 0.717) is 11.8 Å². The van der Waals surface area contributed by atoms with Crippen molar-refractivity contribution in [3.05, 3.63) is 0 Å². The van der Waals surface area contributed by atoms with Crippen molar-refractivity contribution in [2.75, 3.05) is 13.6 Å². The summed E-state index contributed by atoms with van der Waals surface area (Å²) in [4.78, 5) is 55.9. The molecule has 0 radical (unpaired) electrons. The molecule has 0 rings (SSSR count). The summed E-state index contributed by atoms with van der Waals surface area (Å²) in [6.45, 7) is 3.89. The predicted octanol–water partition coefficient (Wildman–Crippen LogP) is 1.31. The molecule has 0 amide bonds. The summed E-state index contributed by atoms with van der Waals surface area (Å²) in [5, 5.41) is 8.44. The van der Waals surface area contributed by atoms with Crippen molar-refractivity contribution in [3.63, 3.8) is 0 Å². The van der Waals surface area contributed by atoms with Crippen LogP contribution in [0.3, 0.4) is 0 Å². The third-order valence-corrected chi connectivity index (χ3v) is 3.87. The average Bonchev–Trinajstić information content (AvgIpc) is 2.42. The molecule has 0 aromatic heterocycles. The van der Waals surface area contributed by atoms with Gasteiger partial charge in [-0.3, -0.25) is 19.2 Å². The molecule has 0 bridgehead atoms. The molecule has 0 aliphatic heterocycles. The van der Waals surface area contributed by atoms with Crippen molar-refractivity contribution in [3.8, 4) is 0 Å². The Balaban J connectivity index is 4.67. The van der Waals surface area contributed by atoms with E-state index in [0.717, 1.165) is 13.8 Å². The van der Waals surface area contributed by atoms with Gasteiger partial charge in [-0.1, -0.05) is 0 Å². The third-order valence-electron chi connectivity index (χ3n) is 2.78. The Morgan fingerprint density at radius 1 is 0.920 bits per heavy atom. The molecule has 0 aromatic rings. The van der Waals surface area contributed by atoms with Crippen LogP contribution in [0.1, 0.15) is 34.1 Å². The normalized spacial score (nSPS) is 11.8. The number of carboxylic acids is 1. The predicted molar refractivity (Wildman–Crippen MR) is 83.3 cm³/mol. The minimum Gasteiger partial charge on any atom is -0.481 e. The number of rotatable bonds is 9. The molecule has 11 heteroatoms. The molecular weight excluding hydrogens is 360 g/mol. The van der Waals surface area contributed by atoms with Gasteiger partial charge < -0.3 is 24.1 Å². The highest BCUT2D eigenvalue weighted by molar-refractivity contribution is 8.14. The monoisotopic (exact) mass is 380 g/mol. The van der Waals surface area contributed by atoms with E-state index in [1.54, 1.807) is 0 Å². The molecule has 1 N–H and O–H groups in total. The van der Waals surface area contributed by atoms with Gasteiger partial charge in [-0.25, -0.2) is 4.79 Å². The lowest BCUT2D eigenvalue weighted by Crippen LogP contribution is -2.37. The number of esters is 3. The highest BCUT2D eigenvalue weighted by Gasteiger charge is 2.40. The Kier molecular flexibility index (Phi) is 9.57. The summed E-state index contributed by atoms with van der Waals surface area (Å²) < 4.78 is 16.8. The summed E-state index contributed by atoms with van der Waals surface area (Å²) in [6.07, 6.45) is -0.548. The van der Waals surface area contributed by atoms with Gasteiger partial charge >= 0.3 is 29.2 Å². The van der Waals surface area contributed by atoms with Crippen LogP contribution in [-0.2, 0) is 38.1 Å². The van der Waals surface area contributed by atoms with Gasteiger partial charge in [0.1, 0.15) is 0 Å². The second kappa shape index (κ2) is 10.5. The average molecular weight is 380 g/mol. The van der Waals surface area contributed by atoms with Crippen LogP contribution in [0, 0.1) is 5.92 Å². The number of hydrogen-bond donors (Lipinski definition) is 1. The summed E-state index contributed by atoms with van der Waals surface area (Å²) in [6, 6.07) is 0. The first-order valence-electron chi connectivity index (χ1n) is 6.96. The first-order valence-corrected chi connectivity index (χ1v) is 7.78.